The van der Waals surface area contributed by atoms with Crippen LogP contribution in [-0.4, -0.2) is 54.2 Å². The maximum atomic E-state index is 12.9. The van der Waals surface area contributed by atoms with Crippen LogP contribution in [0.25, 0.3) is 0 Å². The molecule has 8 heteroatoms. The SMILES string of the molecule is Cn1cc(C(=O)N2CCC(O)(c3cn[nH]n3)C2)c(C(C)(C)C)n1. The van der Waals surface area contributed by atoms with Crippen molar-refractivity contribution in [1.29, 1.82) is 0 Å². The van der Waals surface area contributed by atoms with Crippen molar-refractivity contribution in [2.45, 2.75) is 38.2 Å². The Labute approximate surface area is 134 Å². The standard InChI is InChI=1S/C15H22N6O2/c1-14(2,3)12-10(8-20(4)18-12)13(22)21-6-5-15(23,9-21)11-7-16-19-17-11/h7-8,23H,5-6,9H2,1-4H3,(H,16,17,19). The van der Waals surface area contributed by atoms with Gasteiger partial charge in [0.05, 0.1) is 24.0 Å². The topological polar surface area (TPSA) is 99.9 Å². The van der Waals surface area contributed by atoms with Crippen LogP contribution in [0.3, 0.4) is 0 Å². The Kier molecular flexibility index (Phi) is 3.51. The number of aliphatic hydroxyl groups is 1. The molecule has 1 aliphatic heterocycles. The average Bonchev–Trinajstić information content (AvgIpc) is 3.15. The zero-order chi connectivity index (χ0) is 16.8. The molecule has 1 atom stereocenters. The van der Waals surface area contributed by atoms with Crippen LogP contribution >= 0.6 is 0 Å². The molecule has 0 saturated carbocycles. The second-order valence-corrected chi connectivity index (χ2v) is 7.18. The molecule has 2 aromatic rings. The smallest absolute Gasteiger partial charge is 0.257 e. The fourth-order valence-corrected chi connectivity index (χ4v) is 2.97. The van der Waals surface area contributed by atoms with Crippen molar-refractivity contribution in [3.8, 4) is 0 Å². The molecule has 1 aliphatic rings. The lowest BCUT2D eigenvalue weighted by atomic mass is 9.89. The van der Waals surface area contributed by atoms with Crippen molar-refractivity contribution in [2.24, 2.45) is 7.05 Å². The first kappa shape index (κ1) is 15.7. The largest absolute Gasteiger partial charge is 0.381 e. The van der Waals surface area contributed by atoms with Crippen LogP contribution in [0, 0.1) is 0 Å². The number of H-pyrrole nitrogens is 1. The van der Waals surface area contributed by atoms with Crippen molar-refractivity contribution < 1.29 is 9.90 Å². The minimum Gasteiger partial charge on any atom is -0.381 e. The number of nitrogens with one attached hydrogen (secondary N) is 1. The molecule has 23 heavy (non-hydrogen) atoms. The first-order valence-electron chi connectivity index (χ1n) is 7.63. The summed E-state index contributed by atoms with van der Waals surface area (Å²) in [5.74, 6) is -0.109. The normalized spacial score (nSPS) is 21.9. The van der Waals surface area contributed by atoms with Crippen molar-refractivity contribution in [2.75, 3.05) is 13.1 Å². The minimum absolute atomic E-state index is 0.109. The number of β-amino-alcohol motifs (C(OH)–C–C–N with tert-alkyl or cyclic N) is 1. The van der Waals surface area contributed by atoms with Gasteiger partial charge in [0.2, 0.25) is 0 Å². The molecular weight excluding hydrogens is 296 g/mol. The molecule has 0 radical (unpaired) electrons. The Morgan fingerprint density at radius 1 is 1.43 bits per heavy atom. The van der Waals surface area contributed by atoms with Gasteiger partial charge in [0.15, 0.2) is 0 Å². The summed E-state index contributed by atoms with van der Waals surface area (Å²) in [6.07, 6.45) is 3.69. The number of nitrogens with zero attached hydrogens (tertiary/aromatic N) is 5. The van der Waals surface area contributed by atoms with Gasteiger partial charge in [-0.3, -0.25) is 9.48 Å². The highest BCUT2D eigenvalue weighted by molar-refractivity contribution is 5.95. The highest BCUT2D eigenvalue weighted by Gasteiger charge is 2.42. The van der Waals surface area contributed by atoms with E-state index in [1.807, 2.05) is 27.8 Å². The van der Waals surface area contributed by atoms with E-state index in [9.17, 15) is 9.90 Å². The zero-order valence-electron chi connectivity index (χ0n) is 13.9. The van der Waals surface area contributed by atoms with Crippen LogP contribution < -0.4 is 0 Å². The number of aromatic nitrogens is 5. The van der Waals surface area contributed by atoms with E-state index in [0.717, 1.165) is 5.69 Å². The summed E-state index contributed by atoms with van der Waals surface area (Å²) < 4.78 is 1.66. The van der Waals surface area contributed by atoms with E-state index in [1.165, 1.54) is 6.20 Å². The molecule has 124 valence electrons. The fourth-order valence-electron chi connectivity index (χ4n) is 2.97. The number of aryl methyl sites for hydroxylation is 1. The number of aromatic amines is 1. The van der Waals surface area contributed by atoms with Gasteiger partial charge in [-0.1, -0.05) is 20.8 Å². The molecule has 1 fully saturated rings. The molecule has 3 rings (SSSR count). The van der Waals surface area contributed by atoms with E-state index in [-0.39, 0.29) is 17.9 Å². The Morgan fingerprint density at radius 2 is 2.17 bits per heavy atom. The van der Waals surface area contributed by atoms with Crippen LogP contribution in [0.2, 0.25) is 0 Å². The summed E-state index contributed by atoms with van der Waals surface area (Å²) in [5.41, 5.74) is 0.447. The van der Waals surface area contributed by atoms with Gasteiger partial charge in [0, 0.05) is 31.6 Å². The number of amides is 1. The number of rotatable bonds is 2. The molecule has 0 spiro atoms. The maximum absolute atomic E-state index is 12.9. The second kappa shape index (κ2) is 5.16. The maximum Gasteiger partial charge on any atom is 0.257 e. The Hall–Kier alpha value is -2.22. The number of likely N-dealkylation sites (tertiary alicyclic amines) is 1. The Bertz CT molecular complexity index is 715. The molecule has 8 nitrogen and oxygen atoms in total. The highest BCUT2D eigenvalue weighted by Crippen LogP contribution is 2.32. The van der Waals surface area contributed by atoms with Crippen molar-refractivity contribution in [3.63, 3.8) is 0 Å². The van der Waals surface area contributed by atoms with Crippen molar-refractivity contribution >= 4 is 5.91 Å². The predicted molar refractivity (Wildman–Crippen MR) is 82.7 cm³/mol. The molecule has 0 bridgehead atoms. The number of hydrogen-bond acceptors (Lipinski definition) is 5. The van der Waals surface area contributed by atoms with Gasteiger partial charge in [0.1, 0.15) is 11.3 Å². The van der Waals surface area contributed by atoms with Gasteiger partial charge in [0.25, 0.3) is 5.91 Å². The summed E-state index contributed by atoms with van der Waals surface area (Å²) in [6.45, 7) is 6.77. The summed E-state index contributed by atoms with van der Waals surface area (Å²) in [6, 6.07) is 0. The molecule has 0 aliphatic carbocycles. The lowest BCUT2D eigenvalue weighted by molar-refractivity contribution is 0.0381. The molecule has 0 aromatic carbocycles. The minimum atomic E-state index is -1.15. The molecule has 2 N–H and O–H groups in total. The summed E-state index contributed by atoms with van der Waals surface area (Å²) in [7, 11) is 1.81. The zero-order valence-corrected chi connectivity index (χ0v) is 13.9. The van der Waals surface area contributed by atoms with E-state index in [1.54, 1.807) is 15.8 Å². The lowest BCUT2D eigenvalue weighted by Gasteiger charge is -2.22. The van der Waals surface area contributed by atoms with Gasteiger partial charge in [-0.2, -0.15) is 20.5 Å². The van der Waals surface area contributed by atoms with E-state index >= 15 is 0 Å². The molecule has 1 unspecified atom stereocenters. The lowest BCUT2D eigenvalue weighted by Crippen LogP contribution is -2.35. The molecule has 1 saturated heterocycles. The van der Waals surface area contributed by atoms with Crippen molar-refractivity contribution in [3.05, 3.63) is 29.3 Å². The van der Waals surface area contributed by atoms with Crippen LogP contribution in [0.5, 0.6) is 0 Å². The summed E-state index contributed by atoms with van der Waals surface area (Å²) in [4.78, 5) is 14.6. The average molecular weight is 318 g/mol. The Balaban J connectivity index is 1.86. The van der Waals surface area contributed by atoms with E-state index in [0.29, 0.717) is 24.2 Å². The van der Waals surface area contributed by atoms with Crippen LogP contribution in [-0.2, 0) is 18.1 Å². The quantitative estimate of drug-likeness (QED) is 0.843. The van der Waals surface area contributed by atoms with Gasteiger partial charge >= 0.3 is 0 Å². The number of carbonyl (C=O) groups is 1. The third-order valence-electron chi connectivity index (χ3n) is 4.20. The van der Waals surface area contributed by atoms with Gasteiger partial charge in [-0.05, 0) is 0 Å². The van der Waals surface area contributed by atoms with Crippen LogP contribution in [0.15, 0.2) is 12.4 Å². The highest BCUT2D eigenvalue weighted by atomic mass is 16.3. The summed E-state index contributed by atoms with van der Waals surface area (Å²) >= 11 is 0. The van der Waals surface area contributed by atoms with E-state index in [2.05, 4.69) is 20.5 Å². The molecule has 3 heterocycles. The van der Waals surface area contributed by atoms with Crippen molar-refractivity contribution in [1.82, 2.24) is 30.1 Å². The number of carbonyl (C=O) groups excluding carboxylic acids is 1. The monoisotopic (exact) mass is 318 g/mol. The van der Waals surface area contributed by atoms with Crippen LogP contribution in [0.1, 0.15) is 48.9 Å². The Morgan fingerprint density at radius 3 is 2.78 bits per heavy atom. The van der Waals surface area contributed by atoms with E-state index < -0.39 is 5.60 Å². The van der Waals surface area contributed by atoms with Gasteiger partial charge in [-0.25, -0.2) is 0 Å². The van der Waals surface area contributed by atoms with Crippen LogP contribution in [0.4, 0.5) is 0 Å². The van der Waals surface area contributed by atoms with Gasteiger partial charge < -0.3 is 10.0 Å². The third-order valence-corrected chi connectivity index (χ3v) is 4.20. The van der Waals surface area contributed by atoms with E-state index in [4.69, 9.17) is 0 Å². The second-order valence-electron chi connectivity index (χ2n) is 7.18. The first-order valence-corrected chi connectivity index (χ1v) is 7.63. The molecule has 2 aromatic heterocycles. The predicted octanol–water partition coefficient (Wildman–Crippen LogP) is 0.569. The molecule has 1 amide bonds. The number of hydrogen-bond donors (Lipinski definition) is 2. The molecular formula is C15H22N6O2. The fraction of sp³-hybridized carbons (Fsp3) is 0.600. The summed E-state index contributed by atoms with van der Waals surface area (Å²) in [5, 5.41) is 25.4. The van der Waals surface area contributed by atoms with Gasteiger partial charge in [-0.15, -0.1) is 0 Å². The third kappa shape index (κ3) is 2.74. The first-order chi connectivity index (χ1) is 10.7.